The van der Waals surface area contributed by atoms with Crippen LogP contribution in [0.1, 0.15) is 33.1 Å². The minimum absolute atomic E-state index is 0. The Hall–Kier alpha value is -0.360. The van der Waals surface area contributed by atoms with Crippen LogP contribution in [-0.2, 0) is 14.3 Å². The molecule has 2 aliphatic heterocycles. The minimum atomic E-state index is -0.398. The molecular formula is C15H29ClN2O3. The Morgan fingerprint density at radius 1 is 1.43 bits per heavy atom. The van der Waals surface area contributed by atoms with Gasteiger partial charge in [-0.1, -0.05) is 13.8 Å². The topological polar surface area (TPSA) is 64.8 Å². The predicted octanol–water partition coefficient (Wildman–Crippen LogP) is 1.44. The quantitative estimate of drug-likeness (QED) is 0.832. The van der Waals surface area contributed by atoms with Gasteiger partial charge in [0.15, 0.2) is 0 Å². The molecule has 0 aromatic carbocycles. The zero-order valence-corrected chi connectivity index (χ0v) is 14.0. The molecule has 1 unspecified atom stereocenters. The second-order valence-corrected chi connectivity index (χ2v) is 6.49. The Balaban J connectivity index is 0.00000220. The Morgan fingerprint density at radius 3 is 2.67 bits per heavy atom. The molecule has 2 saturated heterocycles. The zero-order chi connectivity index (χ0) is 14.6. The molecule has 2 aliphatic rings. The molecule has 21 heavy (non-hydrogen) atoms. The average Bonchev–Trinajstić information content (AvgIpc) is 2.94. The number of carbonyl (C=O) groups is 1. The van der Waals surface area contributed by atoms with E-state index in [1.165, 1.54) is 0 Å². The highest BCUT2D eigenvalue weighted by molar-refractivity contribution is 5.85. The largest absolute Gasteiger partial charge is 0.381 e. The van der Waals surface area contributed by atoms with Crippen molar-refractivity contribution < 1.29 is 14.3 Å². The van der Waals surface area contributed by atoms with E-state index in [4.69, 9.17) is 15.2 Å². The second kappa shape index (κ2) is 8.32. The summed E-state index contributed by atoms with van der Waals surface area (Å²) >= 11 is 0. The minimum Gasteiger partial charge on any atom is -0.381 e. The summed E-state index contributed by atoms with van der Waals surface area (Å²) < 4.78 is 11.2. The van der Waals surface area contributed by atoms with Crippen molar-refractivity contribution in [2.24, 2.45) is 17.1 Å². The highest BCUT2D eigenvalue weighted by Crippen LogP contribution is 2.33. The Kier molecular flexibility index (Phi) is 7.40. The first-order valence-corrected chi connectivity index (χ1v) is 7.76. The molecule has 0 aromatic heterocycles. The molecule has 0 aliphatic carbocycles. The number of likely N-dealkylation sites (tertiary alicyclic amines) is 1. The summed E-state index contributed by atoms with van der Waals surface area (Å²) in [5.41, 5.74) is 5.51. The van der Waals surface area contributed by atoms with Crippen LogP contribution >= 0.6 is 12.4 Å². The molecule has 0 aromatic rings. The Labute approximate surface area is 133 Å². The number of nitrogens with two attached hydrogens (primary N) is 1. The van der Waals surface area contributed by atoms with Gasteiger partial charge in [0.05, 0.1) is 11.5 Å². The van der Waals surface area contributed by atoms with Gasteiger partial charge in [-0.15, -0.1) is 12.4 Å². The van der Waals surface area contributed by atoms with Crippen LogP contribution in [-0.4, -0.2) is 56.4 Å². The number of hydrogen-bond acceptors (Lipinski definition) is 4. The standard InChI is InChI=1S/C15H28N2O3.ClH/c1-12(2)10-20-13-3-6-17(9-13)14(18)15(11-16)4-7-19-8-5-15;/h12-13H,3-11,16H2,1-2H3;1H. The lowest BCUT2D eigenvalue weighted by atomic mass is 9.79. The van der Waals surface area contributed by atoms with Gasteiger partial charge < -0.3 is 20.1 Å². The summed E-state index contributed by atoms with van der Waals surface area (Å²) in [6.45, 7) is 8.27. The number of carbonyl (C=O) groups excluding carboxylic acids is 1. The molecule has 0 spiro atoms. The van der Waals surface area contributed by atoms with Crippen LogP contribution in [0.5, 0.6) is 0 Å². The van der Waals surface area contributed by atoms with Crippen LogP contribution in [0.25, 0.3) is 0 Å². The maximum atomic E-state index is 12.8. The first kappa shape index (κ1) is 18.7. The van der Waals surface area contributed by atoms with Crippen molar-refractivity contribution >= 4 is 18.3 Å². The van der Waals surface area contributed by atoms with Gasteiger partial charge in [-0.3, -0.25) is 4.79 Å². The summed E-state index contributed by atoms with van der Waals surface area (Å²) in [5.74, 6) is 0.740. The van der Waals surface area contributed by atoms with Crippen molar-refractivity contribution in [1.82, 2.24) is 4.90 Å². The molecule has 6 heteroatoms. The van der Waals surface area contributed by atoms with Crippen molar-refractivity contribution in [3.05, 3.63) is 0 Å². The summed E-state index contributed by atoms with van der Waals surface area (Å²) in [6.07, 6.45) is 2.62. The van der Waals surface area contributed by atoms with E-state index in [1.807, 2.05) is 4.90 Å². The maximum Gasteiger partial charge on any atom is 0.230 e. The highest BCUT2D eigenvalue weighted by atomic mass is 35.5. The smallest absolute Gasteiger partial charge is 0.230 e. The lowest BCUT2D eigenvalue weighted by molar-refractivity contribution is -0.146. The van der Waals surface area contributed by atoms with Gasteiger partial charge in [0, 0.05) is 39.5 Å². The van der Waals surface area contributed by atoms with Gasteiger partial charge in [0.2, 0.25) is 5.91 Å². The fourth-order valence-corrected chi connectivity index (χ4v) is 2.98. The average molecular weight is 321 g/mol. The van der Waals surface area contributed by atoms with Gasteiger partial charge in [0.1, 0.15) is 0 Å². The van der Waals surface area contributed by atoms with E-state index in [1.54, 1.807) is 0 Å². The SMILES string of the molecule is CC(C)COC1CCN(C(=O)C2(CN)CCOCC2)C1.Cl. The first-order valence-electron chi connectivity index (χ1n) is 7.76. The number of nitrogens with zero attached hydrogens (tertiary/aromatic N) is 1. The third kappa shape index (κ3) is 4.55. The van der Waals surface area contributed by atoms with Gasteiger partial charge >= 0.3 is 0 Å². The number of halogens is 1. The molecular weight excluding hydrogens is 292 g/mol. The van der Waals surface area contributed by atoms with Crippen LogP contribution < -0.4 is 5.73 Å². The van der Waals surface area contributed by atoms with Crippen LogP contribution in [0, 0.1) is 11.3 Å². The highest BCUT2D eigenvalue weighted by Gasteiger charge is 2.43. The van der Waals surface area contributed by atoms with E-state index in [0.29, 0.717) is 32.2 Å². The predicted molar refractivity (Wildman–Crippen MR) is 84.6 cm³/mol. The number of hydrogen-bond donors (Lipinski definition) is 1. The molecule has 0 bridgehead atoms. The summed E-state index contributed by atoms with van der Waals surface area (Å²) in [6, 6.07) is 0. The first-order chi connectivity index (χ1) is 9.57. The summed E-state index contributed by atoms with van der Waals surface area (Å²) in [5, 5.41) is 0. The number of rotatable bonds is 5. The van der Waals surface area contributed by atoms with E-state index in [-0.39, 0.29) is 24.4 Å². The fraction of sp³-hybridized carbons (Fsp3) is 0.933. The molecule has 2 heterocycles. The molecule has 1 atom stereocenters. The third-order valence-corrected chi connectivity index (χ3v) is 4.39. The second-order valence-electron chi connectivity index (χ2n) is 6.49. The van der Waals surface area contributed by atoms with Crippen molar-refractivity contribution in [3.63, 3.8) is 0 Å². The third-order valence-electron chi connectivity index (χ3n) is 4.39. The summed E-state index contributed by atoms with van der Waals surface area (Å²) in [7, 11) is 0. The van der Waals surface area contributed by atoms with E-state index in [9.17, 15) is 4.79 Å². The van der Waals surface area contributed by atoms with E-state index >= 15 is 0 Å². The zero-order valence-electron chi connectivity index (χ0n) is 13.2. The molecule has 2 rings (SSSR count). The molecule has 2 N–H and O–H groups in total. The van der Waals surface area contributed by atoms with Crippen LogP contribution in [0.3, 0.4) is 0 Å². The molecule has 2 fully saturated rings. The number of amides is 1. The Bertz CT molecular complexity index is 333. The summed E-state index contributed by atoms with van der Waals surface area (Å²) in [4.78, 5) is 14.7. The van der Waals surface area contributed by atoms with Crippen LogP contribution in [0.4, 0.5) is 0 Å². The van der Waals surface area contributed by atoms with E-state index in [0.717, 1.165) is 32.4 Å². The lowest BCUT2D eigenvalue weighted by Crippen LogP contribution is -2.50. The van der Waals surface area contributed by atoms with Crippen molar-refractivity contribution in [3.8, 4) is 0 Å². The van der Waals surface area contributed by atoms with E-state index < -0.39 is 5.41 Å². The van der Waals surface area contributed by atoms with Gasteiger partial charge in [-0.2, -0.15) is 0 Å². The van der Waals surface area contributed by atoms with Crippen molar-refractivity contribution in [2.45, 2.75) is 39.2 Å². The van der Waals surface area contributed by atoms with E-state index in [2.05, 4.69) is 13.8 Å². The van der Waals surface area contributed by atoms with Gasteiger partial charge in [-0.25, -0.2) is 0 Å². The normalized spacial score (nSPS) is 25.0. The molecule has 124 valence electrons. The number of ether oxygens (including phenoxy) is 2. The maximum absolute atomic E-state index is 12.8. The molecule has 0 radical (unpaired) electrons. The van der Waals surface area contributed by atoms with Crippen molar-refractivity contribution in [1.29, 1.82) is 0 Å². The lowest BCUT2D eigenvalue weighted by Gasteiger charge is -2.37. The van der Waals surface area contributed by atoms with Crippen LogP contribution in [0.15, 0.2) is 0 Å². The van der Waals surface area contributed by atoms with Gasteiger partial charge in [0.25, 0.3) is 0 Å². The molecule has 1 amide bonds. The van der Waals surface area contributed by atoms with Crippen LogP contribution in [0.2, 0.25) is 0 Å². The van der Waals surface area contributed by atoms with Crippen molar-refractivity contribution in [2.75, 3.05) is 39.5 Å². The monoisotopic (exact) mass is 320 g/mol. The fourth-order valence-electron chi connectivity index (χ4n) is 2.98. The molecule has 5 nitrogen and oxygen atoms in total. The molecule has 0 saturated carbocycles. The van der Waals surface area contributed by atoms with Gasteiger partial charge in [-0.05, 0) is 25.2 Å². The Morgan fingerprint density at radius 2 is 2.10 bits per heavy atom.